The fourth-order valence-corrected chi connectivity index (χ4v) is 2.19. The highest BCUT2D eigenvalue weighted by Gasteiger charge is 2.12. The SMILES string of the molecule is CN(C)CCn1c(-c2ccc([N+](=O)[O-])cc2)ccc(C#N)c1=O. The predicted molar refractivity (Wildman–Crippen MR) is 86.1 cm³/mol. The average molecular weight is 312 g/mol. The lowest BCUT2D eigenvalue weighted by atomic mass is 10.1. The van der Waals surface area contributed by atoms with Crippen LogP contribution in [0.25, 0.3) is 11.3 Å². The Morgan fingerprint density at radius 2 is 1.87 bits per heavy atom. The molecular formula is C16H16N4O3. The van der Waals surface area contributed by atoms with Crippen LogP contribution in [-0.4, -0.2) is 35.0 Å². The van der Waals surface area contributed by atoms with Gasteiger partial charge in [-0.25, -0.2) is 0 Å². The molecule has 0 fully saturated rings. The first kappa shape index (κ1) is 16.4. The van der Waals surface area contributed by atoms with E-state index in [1.807, 2.05) is 25.1 Å². The second kappa shape index (κ2) is 6.85. The predicted octanol–water partition coefficient (Wildman–Crippen LogP) is 1.86. The number of hydrogen-bond acceptors (Lipinski definition) is 5. The number of pyridine rings is 1. The molecule has 0 saturated carbocycles. The fourth-order valence-electron chi connectivity index (χ4n) is 2.19. The molecule has 0 radical (unpaired) electrons. The van der Waals surface area contributed by atoms with E-state index in [2.05, 4.69) is 0 Å². The second-order valence-corrected chi connectivity index (χ2v) is 5.31. The van der Waals surface area contributed by atoms with Crippen LogP contribution in [0, 0.1) is 21.4 Å². The summed E-state index contributed by atoms with van der Waals surface area (Å²) < 4.78 is 1.53. The molecule has 0 saturated heterocycles. The van der Waals surface area contributed by atoms with Crippen LogP contribution < -0.4 is 5.56 Å². The van der Waals surface area contributed by atoms with E-state index in [0.29, 0.717) is 24.3 Å². The van der Waals surface area contributed by atoms with Crippen molar-refractivity contribution in [3.63, 3.8) is 0 Å². The maximum absolute atomic E-state index is 12.4. The molecule has 0 aliphatic rings. The Hall–Kier alpha value is -2.98. The van der Waals surface area contributed by atoms with E-state index in [1.165, 1.54) is 22.8 Å². The maximum atomic E-state index is 12.4. The van der Waals surface area contributed by atoms with Crippen LogP contribution in [0.1, 0.15) is 5.56 Å². The quantitative estimate of drug-likeness (QED) is 0.620. The maximum Gasteiger partial charge on any atom is 0.269 e. The first-order valence-corrected chi connectivity index (χ1v) is 6.97. The summed E-state index contributed by atoms with van der Waals surface area (Å²) in [5.41, 5.74) is 1.03. The zero-order valence-corrected chi connectivity index (χ0v) is 12.9. The van der Waals surface area contributed by atoms with Crippen LogP contribution in [-0.2, 0) is 6.54 Å². The third-order valence-electron chi connectivity index (χ3n) is 3.44. The van der Waals surface area contributed by atoms with E-state index < -0.39 is 4.92 Å². The standard InChI is InChI=1S/C16H16N4O3/c1-18(2)9-10-19-15(8-5-13(11-17)16(19)21)12-3-6-14(7-4-12)20(22)23/h3-8H,9-10H2,1-2H3. The Labute approximate surface area is 133 Å². The van der Waals surface area contributed by atoms with Crippen LogP contribution in [0.5, 0.6) is 0 Å². The van der Waals surface area contributed by atoms with Gasteiger partial charge in [0.05, 0.1) is 10.6 Å². The summed E-state index contributed by atoms with van der Waals surface area (Å²) in [5, 5.41) is 19.8. The largest absolute Gasteiger partial charge is 0.308 e. The second-order valence-electron chi connectivity index (χ2n) is 5.31. The Kier molecular flexibility index (Phi) is 4.88. The molecule has 0 aliphatic heterocycles. The molecule has 7 nitrogen and oxygen atoms in total. The molecule has 118 valence electrons. The number of nitro benzene ring substituents is 1. The Morgan fingerprint density at radius 1 is 1.22 bits per heavy atom. The van der Waals surface area contributed by atoms with E-state index in [9.17, 15) is 14.9 Å². The molecule has 0 unspecified atom stereocenters. The topological polar surface area (TPSA) is 92.2 Å². The lowest BCUT2D eigenvalue weighted by molar-refractivity contribution is -0.384. The lowest BCUT2D eigenvalue weighted by Gasteiger charge is -2.16. The molecule has 1 aromatic carbocycles. The van der Waals surface area contributed by atoms with Gasteiger partial charge in [0.25, 0.3) is 11.2 Å². The minimum Gasteiger partial charge on any atom is -0.308 e. The van der Waals surface area contributed by atoms with Crippen LogP contribution in [0.3, 0.4) is 0 Å². The lowest BCUT2D eigenvalue weighted by Crippen LogP contribution is -2.29. The fraction of sp³-hybridized carbons (Fsp3) is 0.250. The van der Waals surface area contributed by atoms with Crippen molar-refractivity contribution in [3.8, 4) is 17.3 Å². The van der Waals surface area contributed by atoms with Crippen LogP contribution in [0.2, 0.25) is 0 Å². The summed E-state index contributed by atoms with van der Waals surface area (Å²) in [4.78, 5) is 24.6. The highest BCUT2D eigenvalue weighted by Crippen LogP contribution is 2.21. The van der Waals surface area contributed by atoms with E-state index in [1.54, 1.807) is 18.2 Å². The molecule has 1 aromatic heterocycles. The summed E-state index contributed by atoms with van der Waals surface area (Å²) >= 11 is 0. The van der Waals surface area contributed by atoms with E-state index in [4.69, 9.17) is 5.26 Å². The third kappa shape index (κ3) is 3.62. The summed E-state index contributed by atoms with van der Waals surface area (Å²) in [7, 11) is 3.79. The van der Waals surface area contributed by atoms with Crippen molar-refractivity contribution in [2.75, 3.05) is 20.6 Å². The average Bonchev–Trinajstić information content (AvgIpc) is 2.53. The van der Waals surface area contributed by atoms with Crippen molar-refractivity contribution in [3.05, 3.63) is 62.4 Å². The van der Waals surface area contributed by atoms with Gasteiger partial charge < -0.3 is 9.47 Å². The Bertz CT molecular complexity index is 817. The van der Waals surface area contributed by atoms with Gasteiger partial charge in [-0.05, 0) is 43.9 Å². The molecule has 2 aromatic rings. The molecule has 0 atom stereocenters. The van der Waals surface area contributed by atoms with E-state index >= 15 is 0 Å². The minimum absolute atomic E-state index is 0.00964. The number of aromatic nitrogens is 1. The van der Waals surface area contributed by atoms with Gasteiger partial charge >= 0.3 is 0 Å². The molecular weight excluding hydrogens is 296 g/mol. The number of nitriles is 1. The van der Waals surface area contributed by atoms with Gasteiger partial charge in [-0.1, -0.05) is 0 Å². The van der Waals surface area contributed by atoms with Crippen LogP contribution >= 0.6 is 0 Å². The molecule has 0 amide bonds. The number of nitro groups is 1. The van der Waals surface area contributed by atoms with Crippen molar-refractivity contribution >= 4 is 5.69 Å². The molecule has 7 heteroatoms. The molecule has 0 spiro atoms. The van der Waals surface area contributed by atoms with Gasteiger partial charge in [-0.3, -0.25) is 14.9 Å². The van der Waals surface area contributed by atoms with Gasteiger partial charge in [0.15, 0.2) is 0 Å². The van der Waals surface area contributed by atoms with Crippen molar-refractivity contribution in [1.29, 1.82) is 5.26 Å². The third-order valence-corrected chi connectivity index (χ3v) is 3.44. The smallest absolute Gasteiger partial charge is 0.269 e. The number of likely N-dealkylation sites (N-methyl/N-ethyl adjacent to an activating group) is 1. The molecule has 1 heterocycles. The Morgan fingerprint density at radius 3 is 2.39 bits per heavy atom. The van der Waals surface area contributed by atoms with Crippen LogP contribution in [0.4, 0.5) is 5.69 Å². The zero-order valence-electron chi connectivity index (χ0n) is 12.9. The first-order chi connectivity index (χ1) is 10.9. The van der Waals surface area contributed by atoms with Gasteiger partial charge in [-0.2, -0.15) is 5.26 Å². The van der Waals surface area contributed by atoms with Gasteiger partial charge in [0.2, 0.25) is 0 Å². The Balaban J connectivity index is 2.52. The zero-order chi connectivity index (χ0) is 17.0. The van der Waals surface area contributed by atoms with E-state index in [-0.39, 0.29) is 16.8 Å². The normalized spacial score (nSPS) is 10.5. The van der Waals surface area contributed by atoms with Crippen molar-refractivity contribution < 1.29 is 4.92 Å². The monoisotopic (exact) mass is 312 g/mol. The highest BCUT2D eigenvalue weighted by molar-refractivity contribution is 5.62. The van der Waals surface area contributed by atoms with Crippen molar-refractivity contribution in [2.45, 2.75) is 6.54 Å². The van der Waals surface area contributed by atoms with Crippen LogP contribution in [0.15, 0.2) is 41.2 Å². The van der Waals surface area contributed by atoms with Gasteiger partial charge in [-0.15, -0.1) is 0 Å². The molecule has 0 aliphatic carbocycles. The summed E-state index contributed by atoms with van der Waals surface area (Å²) in [5.74, 6) is 0. The highest BCUT2D eigenvalue weighted by atomic mass is 16.6. The van der Waals surface area contributed by atoms with Crippen molar-refractivity contribution in [2.24, 2.45) is 0 Å². The summed E-state index contributed by atoms with van der Waals surface area (Å²) in [6, 6.07) is 11.1. The van der Waals surface area contributed by atoms with Gasteiger partial charge in [0, 0.05) is 25.2 Å². The molecule has 23 heavy (non-hydrogen) atoms. The molecule has 0 N–H and O–H groups in total. The summed E-state index contributed by atoms with van der Waals surface area (Å²) in [6.45, 7) is 1.06. The number of hydrogen-bond donors (Lipinski definition) is 0. The van der Waals surface area contributed by atoms with E-state index in [0.717, 1.165) is 0 Å². The summed E-state index contributed by atoms with van der Waals surface area (Å²) in [6.07, 6.45) is 0. The minimum atomic E-state index is -0.471. The molecule has 0 bridgehead atoms. The number of benzene rings is 1. The first-order valence-electron chi connectivity index (χ1n) is 6.97. The van der Waals surface area contributed by atoms with Gasteiger partial charge in [0.1, 0.15) is 11.6 Å². The molecule has 2 rings (SSSR count). The number of rotatable bonds is 5. The number of nitrogens with zero attached hydrogens (tertiary/aromatic N) is 4. The number of non-ortho nitro benzene ring substituents is 1. The van der Waals surface area contributed by atoms with Crippen molar-refractivity contribution in [1.82, 2.24) is 9.47 Å².